The Kier molecular flexibility index (Phi) is 6.46. The summed E-state index contributed by atoms with van der Waals surface area (Å²) in [5.41, 5.74) is 0.353. The van der Waals surface area contributed by atoms with Gasteiger partial charge in [-0.05, 0) is 37.9 Å². The Labute approximate surface area is 136 Å². The second-order valence-electron chi connectivity index (χ2n) is 7.48. The Hall–Kier alpha value is 0.270. The molecule has 1 aliphatic carbocycles. The van der Waals surface area contributed by atoms with E-state index in [9.17, 15) is 0 Å². The first-order valence-electron chi connectivity index (χ1n) is 9.10. The lowest BCUT2D eigenvalue weighted by atomic mass is 9.83. The lowest BCUT2D eigenvalue weighted by Gasteiger charge is -2.53. The number of rotatable bonds is 5. The molecule has 0 radical (unpaired) electrons. The van der Waals surface area contributed by atoms with Crippen molar-refractivity contribution in [1.82, 2.24) is 10.2 Å². The molecule has 3 atom stereocenters. The lowest BCUT2D eigenvalue weighted by Crippen LogP contribution is -2.68. The molecule has 0 aromatic heterocycles. The minimum atomic E-state index is 0.353. The van der Waals surface area contributed by atoms with Crippen LogP contribution in [0.15, 0.2) is 0 Å². The third-order valence-corrected chi connectivity index (χ3v) is 7.27. The molecular formula is C18H36N2S. The van der Waals surface area contributed by atoms with Gasteiger partial charge >= 0.3 is 0 Å². The summed E-state index contributed by atoms with van der Waals surface area (Å²) in [6, 6.07) is 1.52. The van der Waals surface area contributed by atoms with Crippen molar-refractivity contribution in [2.45, 2.75) is 89.1 Å². The van der Waals surface area contributed by atoms with Crippen molar-refractivity contribution in [3.63, 3.8) is 0 Å². The molecule has 1 aliphatic heterocycles. The van der Waals surface area contributed by atoms with E-state index in [4.69, 9.17) is 0 Å². The number of nitrogens with one attached hydrogen (secondary N) is 1. The maximum atomic E-state index is 3.92. The van der Waals surface area contributed by atoms with Crippen molar-refractivity contribution >= 4 is 11.8 Å². The predicted octanol–water partition coefficient (Wildman–Crippen LogP) is 4.15. The highest BCUT2D eigenvalue weighted by Crippen LogP contribution is 2.36. The van der Waals surface area contributed by atoms with Crippen molar-refractivity contribution in [3.8, 4) is 0 Å². The van der Waals surface area contributed by atoms with Gasteiger partial charge in [0.15, 0.2) is 0 Å². The Morgan fingerprint density at radius 2 is 1.86 bits per heavy atom. The van der Waals surface area contributed by atoms with Gasteiger partial charge in [0.05, 0.1) is 0 Å². The van der Waals surface area contributed by atoms with Gasteiger partial charge in [0.2, 0.25) is 0 Å². The maximum Gasteiger partial charge on any atom is 0.0304 e. The molecule has 3 heteroatoms. The van der Waals surface area contributed by atoms with Crippen LogP contribution in [0.4, 0.5) is 0 Å². The minimum absolute atomic E-state index is 0.353. The van der Waals surface area contributed by atoms with Gasteiger partial charge in [-0.2, -0.15) is 11.8 Å². The molecular weight excluding hydrogens is 276 g/mol. The van der Waals surface area contributed by atoms with Crippen LogP contribution >= 0.6 is 11.8 Å². The topological polar surface area (TPSA) is 15.3 Å². The normalized spacial score (nSPS) is 34.3. The van der Waals surface area contributed by atoms with Crippen LogP contribution in [0.5, 0.6) is 0 Å². The molecule has 0 amide bonds. The molecule has 0 spiro atoms. The van der Waals surface area contributed by atoms with Gasteiger partial charge in [-0.1, -0.05) is 40.5 Å². The second-order valence-corrected chi connectivity index (χ2v) is 8.55. The number of hydrogen-bond donors (Lipinski definition) is 1. The molecule has 1 saturated heterocycles. The minimum Gasteiger partial charge on any atom is -0.308 e. The summed E-state index contributed by atoms with van der Waals surface area (Å²) in [6.45, 7) is 12.0. The Morgan fingerprint density at radius 1 is 1.19 bits per heavy atom. The van der Waals surface area contributed by atoms with E-state index in [1.807, 2.05) is 0 Å². The second kappa shape index (κ2) is 7.70. The molecule has 0 aromatic rings. The van der Waals surface area contributed by atoms with E-state index >= 15 is 0 Å². The Bertz CT molecular complexity index is 314. The summed E-state index contributed by atoms with van der Waals surface area (Å²) in [6.07, 6.45) is 10.5. The zero-order valence-corrected chi connectivity index (χ0v) is 15.6. The summed E-state index contributed by atoms with van der Waals surface area (Å²) in [5, 5.41) is 4.77. The van der Waals surface area contributed by atoms with Crippen LogP contribution in [0.3, 0.4) is 0 Å². The first-order valence-corrected chi connectivity index (χ1v) is 10.4. The fourth-order valence-electron chi connectivity index (χ4n) is 4.40. The summed E-state index contributed by atoms with van der Waals surface area (Å²) in [5.74, 6) is 0.744. The first-order chi connectivity index (χ1) is 10.1. The first kappa shape index (κ1) is 17.6. The molecule has 3 unspecified atom stereocenters. The predicted molar refractivity (Wildman–Crippen MR) is 96.2 cm³/mol. The maximum absolute atomic E-state index is 3.92. The van der Waals surface area contributed by atoms with Crippen LogP contribution in [0.1, 0.15) is 66.2 Å². The van der Waals surface area contributed by atoms with Gasteiger partial charge in [0.1, 0.15) is 0 Å². The number of nitrogens with zero attached hydrogens (tertiary/aromatic N) is 1. The smallest absolute Gasteiger partial charge is 0.0304 e. The molecule has 124 valence electrons. The molecule has 21 heavy (non-hydrogen) atoms. The van der Waals surface area contributed by atoms with E-state index in [1.165, 1.54) is 51.6 Å². The zero-order chi connectivity index (χ0) is 15.5. The van der Waals surface area contributed by atoms with Gasteiger partial charge in [0.25, 0.3) is 0 Å². The SMILES string of the molecule is CCC1(CC)CN(C2CCCCC2SC)C(C(C)C)CN1. The summed E-state index contributed by atoms with van der Waals surface area (Å²) in [4.78, 5) is 2.93. The molecule has 0 bridgehead atoms. The third kappa shape index (κ3) is 3.79. The molecule has 2 nitrogen and oxygen atoms in total. The molecule has 0 aromatic carbocycles. The zero-order valence-electron chi connectivity index (χ0n) is 14.8. The van der Waals surface area contributed by atoms with Gasteiger partial charge < -0.3 is 5.32 Å². The average molecular weight is 313 g/mol. The number of piperazine rings is 1. The van der Waals surface area contributed by atoms with Crippen molar-refractivity contribution < 1.29 is 0 Å². The van der Waals surface area contributed by atoms with Crippen molar-refractivity contribution in [1.29, 1.82) is 0 Å². The van der Waals surface area contributed by atoms with Crippen LogP contribution in [0.25, 0.3) is 0 Å². The largest absolute Gasteiger partial charge is 0.308 e. The summed E-state index contributed by atoms with van der Waals surface area (Å²) >= 11 is 2.11. The third-order valence-electron chi connectivity index (χ3n) is 6.12. The molecule has 2 aliphatic rings. The lowest BCUT2D eigenvalue weighted by molar-refractivity contribution is 0.00713. The highest BCUT2D eigenvalue weighted by Gasteiger charge is 2.42. The van der Waals surface area contributed by atoms with Crippen molar-refractivity contribution in [3.05, 3.63) is 0 Å². The van der Waals surface area contributed by atoms with Gasteiger partial charge in [-0.3, -0.25) is 4.90 Å². The quantitative estimate of drug-likeness (QED) is 0.821. The monoisotopic (exact) mass is 312 g/mol. The summed E-state index contributed by atoms with van der Waals surface area (Å²) in [7, 11) is 0. The highest BCUT2D eigenvalue weighted by atomic mass is 32.2. The Balaban J connectivity index is 2.20. The van der Waals surface area contributed by atoms with Crippen LogP contribution in [0.2, 0.25) is 0 Å². The Morgan fingerprint density at radius 3 is 2.43 bits per heavy atom. The average Bonchev–Trinajstić information content (AvgIpc) is 2.54. The molecule has 1 heterocycles. The van der Waals surface area contributed by atoms with Crippen LogP contribution in [-0.2, 0) is 0 Å². The van der Waals surface area contributed by atoms with Gasteiger partial charge in [-0.15, -0.1) is 0 Å². The van der Waals surface area contributed by atoms with Crippen molar-refractivity contribution in [2.24, 2.45) is 5.92 Å². The molecule has 1 N–H and O–H groups in total. The standard InChI is InChI=1S/C18H36N2S/c1-6-18(7-2)13-20(16(12-19-18)14(3)4)15-10-8-9-11-17(15)21-5/h14-17,19H,6-13H2,1-5H3. The van der Waals surface area contributed by atoms with Crippen molar-refractivity contribution in [2.75, 3.05) is 19.3 Å². The van der Waals surface area contributed by atoms with Crippen LogP contribution in [-0.4, -0.2) is 47.1 Å². The molecule has 2 fully saturated rings. The molecule has 1 saturated carbocycles. The van der Waals surface area contributed by atoms with E-state index in [-0.39, 0.29) is 0 Å². The van der Waals surface area contributed by atoms with E-state index < -0.39 is 0 Å². The van der Waals surface area contributed by atoms with E-state index in [2.05, 4.69) is 55.9 Å². The fourth-order valence-corrected chi connectivity index (χ4v) is 5.41. The highest BCUT2D eigenvalue weighted by molar-refractivity contribution is 7.99. The van der Waals surface area contributed by atoms with E-state index in [1.54, 1.807) is 0 Å². The van der Waals surface area contributed by atoms with E-state index in [0.717, 1.165) is 17.2 Å². The van der Waals surface area contributed by atoms with Crippen LogP contribution < -0.4 is 5.32 Å². The fraction of sp³-hybridized carbons (Fsp3) is 1.00. The van der Waals surface area contributed by atoms with Gasteiger partial charge in [-0.25, -0.2) is 0 Å². The van der Waals surface area contributed by atoms with Crippen LogP contribution in [0, 0.1) is 5.92 Å². The van der Waals surface area contributed by atoms with E-state index in [0.29, 0.717) is 11.6 Å². The van der Waals surface area contributed by atoms with Gasteiger partial charge in [0, 0.05) is 36.0 Å². The molecule has 2 rings (SSSR count). The number of thioether (sulfide) groups is 1. The summed E-state index contributed by atoms with van der Waals surface area (Å²) < 4.78 is 0. The number of hydrogen-bond acceptors (Lipinski definition) is 3.